The van der Waals surface area contributed by atoms with Gasteiger partial charge >= 0.3 is 0 Å². The van der Waals surface area contributed by atoms with Crippen molar-refractivity contribution in [3.63, 3.8) is 0 Å². The van der Waals surface area contributed by atoms with Crippen molar-refractivity contribution in [2.45, 2.75) is 26.6 Å². The summed E-state index contributed by atoms with van der Waals surface area (Å²) in [4.78, 5) is 18.0. The quantitative estimate of drug-likeness (QED) is 0.746. The second-order valence-electron chi connectivity index (χ2n) is 5.01. The molecular formula is C15H20FN5O2. The highest BCUT2D eigenvalue weighted by Gasteiger charge is 2.13. The molecule has 0 saturated heterocycles. The molecule has 0 unspecified atom stereocenters. The number of aromatic nitrogens is 2. The molecular weight excluding hydrogens is 301 g/mol. The van der Waals surface area contributed by atoms with Gasteiger partial charge in [-0.05, 0) is 24.2 Å². The fourth-order valence-corrected chi connectivity index (χ4v) is 1.98. The Morgan fingerprint density at radius 1 is 1.39 bits per heavy atom. The van der Waals surface area contributed by atoms with Crippen molar-refractivity contribution in [1.29, 1.82) is 0 Å². The standard InChI is InChI=1S/C15H20FN5O2/c1-2-21(9-13-19-15(7-17)23-20-13)10-14(22)18-8-11-3-5-12(16)6-4-11/h3-6H,2,7-10,17H2,1H3,(H,18,22). The van der Waals surface area contributed by atoms with Crippen LogP contribution in [0.25, 0.3) is 0 Å². The van der Waals surface area contributed by atoms with Crippen LogP contribution in [0.5, 0.6) is 0 Å². The first-order chi connectivity index (χ1) is 11.1. The van der Waals surface area contributed by atoms with E-state index < -0.39 is 0 Å². The minimum absolute atomic E-state index is 0.126. The van der Waals surface area contributed by atoms with Gasteiger partial charge < -0.3 is 15.6 Å². The summed E-state index contributed by atoms with van der Waals surface area (Å²) in [6, 6.07) is 6.01. The number of rotatable bonds is 8. The molecule has 0 saturated carbocycles. The number of nitrogens with two attached hydrogens (primary N) is 1. The van der Waals surface area contributed by atoms with Crippen molar-refractivity contribution in [2.75, 3.05) is 13.1 Å². The Labute approximate surface area is 133 Å². The van der Waals surface area contributed by atoms with Crippen LogP contribution in [-0.2, 0) is 24.4 Å². The van der Waals surface area contributed by atoms with E-state index in [9.17, 15) is 9.18 Å². The van der Waals surface area contributed by atoms with Crippen molar-refractivity contribution in [3.05, 3.63) is 47.4 Å². The predicted octanol–water partition coefficient (Wildman–Crippen LogP) is 0.806. The molecule has 0 atom stereocenters. The third-order valence-electron chi connectivity index (χ3n) is 3.27. The zero-order chi connectivity index (χ0) is 16.7. The van der Waals surface area contributed by atoms with Crippen molar-refractivity contribution in [2.24, 2.45) is 5.73 Å². The molecule has 1 amide bonds. The van der Waals surface area contributed by atoms with Gasteiger partial charge in [-0.25, -0.2) is 4.39 Å². The largest absolute Gasteiger partial charge is 0.351 e. The van der Waals surface area contributed by atoms with Gasteiger partial charge in [-0.15, -0.1) is 0 Å². The molecule has 0 aliphatic carbocycles. The second kappa shape index (κ2) is 8.35. The van der Waals surface area contributed by atoms with Gasteiger partial charge in [-0.3, -0.25) is 9.69 Å². The molecule has 8 heteroatoms. The van der Waals surface area contributed by atoms with Crippen molar-refractivity contribution >= 4 is 5.91 Å². The van der Waals surface area contributed by atoms with Gasteiger partial charge in [0.15, 0.2) is 5.82 Å². The molecule has 23 heavy (non-hydrogen) atoms. The summed E-state index contributed by atoms with van der Waals surface area (Å²) < 4.78 is 17.8. The van der Waals surface area contributed by atoms with E-state index in [4.69, 9.17) is 10.3 Å². The molecule has 7 nitrogen and oxygen atoms in total. The minimum Gasteiger partial charge on any atom is -0.351 e. The number of carbonyl (C=O) groups excluding carboxylic acids is 1. The Bertz CT molecular complexity index is 629. The summed E-state index contributed by atoms with van der Waals surface area (Å²) in [5.74, 6) is 0.448. The first kappa shape index (κ1) is 17.0. The molecule has 0 spiro atoms. The van der Waals surface area contributed by atoms with Crippen molar-refractivity contribution in [3.8, 4) is 0 Å². The molecule has 124 valence electrons. The number of hydrogen-bond donors (Lipinski definition) is 2. The second-order valence-corrected chi connectivity index (χ2v) is 5.01. The number of carbonyl (C=O) groups is 1. The van der Waals surface area contributed by atoms with Crippen molar-refractivity contribution in [1.82, 2.24) is 20.4 Å². The van der Waals surface area contributed by atoms with Crippen LogP contribution >= 0.6 is 0 Å². The summed E-state index contributed by atoms with van der Waals surface area (Å²) in [5.41, 5.74) is 6.26. The van der Waals surface area contributed by atoms with E-state index in [1.54, 1.807) is 12.1 Å². The molecule has 0 aliphatic heterocycles. The molecule has 2 aromatic rings. The molecule has 0 bridgehead atoms. The lowest BCUT2D eigenvalue weighted by Gasteiger charge is -2.17. The van der Waals surface area contributed by atoms with E-state index in [1.807, 2.05) is 11.8 Å². The molecule has 1 heterocycles. The van der Waals surface area contributed by atoms with Crippen LogP contribution in [0.4, 0.5) is 4.39 Å². The number of nitrogens with one attached hydrogen (secondary N) is 1. The molecule has 2 rings (SSSR count). The summed E-state index contributed by atoms with van der Waals surface area (Å²) >= 11 is 0. The number of nitrogens with zero attached hydrogens (tertiary/aromatic N) is 3. The molecule has 0 radical (unpaired) electrons. The van der Waals surface area contributed by atoms with Crippen LogP contribution in [0.1, 0.15) is 24.2 Å². The van der Waals surface area contributed by atoms with E-state index in [1.165, 1.54) is 12.1 Å². The Balaban J connectivity index is 1.80. The highest BCUT2D eigenvalue weighted by atomic mass is 19.1. The van der Waals surface area contributed by atoms with E-state index in [0.29, 0.717) is 31.3 Å². The highest BCUT2D eigenvalue weighted by Crippen LogP contribution is 2.03. The monoisotopic (exact) mass is 321 g/mol. The normalized spacial score (nSPS) is 11.0. The van der Waals surface area contributed by atoms with Gasteiger partial charge in [0.25, 0.3) is 0 Å². The predicted molar refractivity (Wildman–Crippen MR) is 81.4 cm³/mol. The molecule has 0 fully saturated rings. The van der Waals surface area contributed by atoms with Crippen LogP contribution in [0.15, 0.2) is 28.8 Å². The summed E-state index contributed by atoms with van der Waals surface area (Å²) in [6.07, 6.45) is 0. The van der Waals surface area contributed by atoms with Gasteiger partial charge in [0, 0.05) is 6.54 Å². The van der Waals surface area contributed by atoms with Crippen LogP contribution in [-0.4, -0.2) is 34.0 Å². The van der Waals surface area contributed by atoms with Gasteiger partial charge in [0.1, 0.15) is 5.82 Å². The number of hydrogen-bond acceptors (Lipinski definition) is 6. The third kappa shape index (κ3) is 5.42. The van der Waals surface area contributed by atoms with Crippen LogP contribution in [0.3, 0.4) is 0 Å². The minimum atomic E-state index is -0.297. The van der Waals surface area contributed by atoms with E-state index >= 15 is 0 Å². The highest BCUT2D eigenvalue weighted by molar-refractivity contribution is 5.77. The zero-order valence-electron chi connectivity index (χ0n) is 13.0. The molecule has 3 N–H and O–H groups in total. The lowest BCUT2D eigenvalue weighted by atomic mass is 10.2. The number of halogens is 1. The van der Waals surface area contributed by atoms with Gasteiger partial charge in [-0.2, -0.15) is 4.98 Å². The van der Waals surface area contributed by atoms with Crippen LogP contribution < -0.4 is 11.1 Å². The van der Waals surface area contributed by atoms with Gasteiger partial charge in [0.05, 0.1) is 19.6 Å². The van der Waals surface area contributed by atoms with Crippen molar-refractivity contribution < 1.29 is 13.7 Å². The summed E-state index contributed by atoms with van der Waals surface area (Å²) in [6.45, 7) is 3.77. The average Bonchev–Trinajstić information content (AvgIpc) is 3.01. The van der Waals surface area contributed by atoms with Crippen LogP contribution in [0.2, 0.25) is 0 Å². The number of amides is 1. The third-order valence-corrected chi connectivity index (χ3v) is 3.27. The maximum absolute atomic E-state index is 12.8. The average molecular weight is 321 g/mol. The lowest BCUT2D eigenvalue weighted by Crippen LogP contribution is -2.36. The van der Waals surface area contributed by atoms with E-state index in [2.05, 4.69) is 15.5 Å². The lowest BCUT2D eigenvalue weighted by molar-refractivity contribution is -0.122. The Morgan fingerprint density at radius 2 is 2.13 bits per heavy atom. The smallest absolute Gasteiger partial charge is 0.240 e. The fraction of sp³-hybridized carbons (Fsp3) is 0.400. The zero-order valence-corrected chi connectivity index (χ0v) is 13.0. The first-order valence-corrected chi connectivity index (χ1v) is 7.35. The Hall–Kier alpha value is -2.32. The maximum Gasteiger partial charge on any atom is 0.240 e. The Morgan fingerprint density at radius 3 is 2.74 bits per heavy atom. The summed E-state index contributed by atoms with van der Waals surface area (Å²) in [7, 11) is 0. The number of likely N-dealkylation sites (N-methyl/N-ethyl adjacent to an activating group) is 1. The van der Waals surface area contributed by atoms with E-state index in [-0.39, 0.29) is 24.8 Å². The summed E-state index contributed by atoms with van der Waals surface area (Å²) in [5, 5.41) is 6.61. The Kier molecular flexibility index (Phi) is 6.19. The van der Waals surface area contributed by atoms with Crippen LogP contribution in [0, 0.1) is 5.82 Å². The SMILES string of the molecule is CCN(CC(=O)NCc1ccc(F)cc1)Cc1noc(CN)n1. The molecule has 1 aromatic heterocycles. The topological polar surface area (TPSA) is 97.3 Å². The maximum atomic E-state index is 12.8. The molecule has 1 aromatic carbocycles. The van der Waals surface area contributed by atoms with Gasteiger partial charge in [0.2, 0.25) is 11.8 Å². The first-order valence-electron chi connectivity index (χ1n) is 7.35. The fourth-order valence-electron chi connectivity index (χ4n) is 1.98. The number of benzene rings is 1. The van der Waals surface area contributed by atoms with E-state index in [0.717, 1.165) is 5.56 Å². The van der Waals surface area contributed by atoms with Gasteiger partial charge in [-0.1, -0.05) is 24.2 Å². The molecule has 0 aliphatic rings.